The Labute approximate surface area is 122 Å². The second-order valence-corrected chi connectivity index (χ2v) is 4.12. The number of benzene rings is 1. The Morgan fingerprint density at radius 1 is 1.24 bits per heavy atom. The second kappa shape index (κ2) is 9.38. The molecule has 1 atom stereocenters. The Morgan fingerprint density at radius 2 is 1.86 bits per heavy atom. The number of carboxylic acid groups (broad SMARTS) is 2. The maximum atomic E-state index is 10.4. The number of aromatic hydroxyl groups is 2. The fraction of sp³-hybridized carbons (Fsp3) is 0.286. The van der Waals surface area contributed by atoms with Gasteiger partial charge in [0.15, 0.2) is 11.5 Å². The van der Waals surface area contributed by atoms with E-state index in [1.165, 1.54) is 18.2 Å². The molecule has 0 spiro atoms. The van der Waals surface area contributed by atoms with Crippen molar-refractivity contribution in [2.45, 2.75) is 25.8 Å². The minimum absolute atomic E-state index is 0.114. The lowest BCUT2D eigenvalue weighted by molar-refractivity contribution is -0.138. The third-order valence-corrected chi connectivity index (χ3v) is 2.31. The van der Waals surface area contributed by atoms with Crippen LogP contribution in [-0.2, 0) is 16.0 Å². The first-order valence-electron chi connectivity index (χ1n) is 6.16. The van der Waals surface area contributed by atoms with Crippen LogP contribution in [0.3, 0.4) is 0 Å². The van der Waals surface area contributed by atoms with Crippen LogP contribution in [-0.4, -0.2) is 38.4 Å². The van der Waals surface area contributed by atoms with E-state index < -0.39 is 18.0 Å². The van der Waals surface area contributed by atoms with Gasteiger partial charge in [-0.25, -0.2) is 4.79 Å². The van der Waals surface area contributed by atoms with E-state index in [9.17, 15) is 9.59 Å². The quantitative estimate of drug-likeness (QED) is 0.404. The summed E-state index contributed by atoms with van der Waals surface area (Å²) in [7, 11) is 0. The zero-order valence-electron chi connectivity index (χ0n) is 11.6. The number of carbonyl (C=O) groups is 2. The van der Waals surface area contributed by atoms with E-state index in [1.807, 2.05) is 6.92 Å². The van der Waals surface area contributed by atoms with Crippen LogP contribution in [0.5, 0.6) is 11.5 Å². The van der Waals surface area contributed by atoms with E-state index in [1.54, 1.807) is 6.08 Å². The third-order valence-electron chi connectivity index (χ3n) is 2.31. The monoisotopic (exact) mass is 297 g/mol. The molecule has 7 heteroatoms. The summed E-state index contributed by atoms with van der Waals surface area (Å²) in [5, 5.41) is 34.6. The van der Waals surface area contributed by atoms with Gasteiger partial charge in [-0.05, 0) is 30.5 Å². The Morgan fingerprint density at radius 3 is 2.24 bits per heavy atom. The van der Waals surface area contributed by atoms with E-state index in [-0.39, 0.29) is 17.9 Å². The highest BCUT2D eigenvalue weighted by Crippen LogP contribution is 2.25. The average molecular weight is 297 g/mol. The minimum atomic E-state index is -1.10. The van der Waals surface area contributed by atoms with Crippen LogP contribution in [0, 0.1) is 0 Å². The lowest BCUT2D eigenvalue weighted by atomic mass is 10.1. The largest absolute Gasteiger partial charge is 0.504 e. The maximum absolute atomic E-state index is 10.4. The van der Waals surface area contributed by atoms with E-state index in [2.05, 4.69) is 0 Å². The Bertz CT molecular complexity index is 512. The summed E-state index contributed by atoms with van der Waals surface area (Å²) in [6.45, 7) is 1.89. The lowest BCUT2D eigenvalue weighted by Crippen LogP contribution is -2.32. The molecule has 1 aromatic rings. The van der Waals surface area contributed by atoms with Gasteiger partial charge in [0.05, 0.1) is 0 Å². The predicted octanol–water partition coefficient (Wildman–Crippen LogP) is 1.09. The summed E-state index contributed by atoms with van der Waals surface area (Å²) in [5.74, 6) is -2.49. The first-order valence-corrected chi connectivity index (χ1v) is 6.16. The molecule has 0 radical (unpaired) electrons. The van der Waals surface area contributed by atoms with E-state index in [4.69, 9.17) is 26.2 Å². The second-order valence-electron chi connectivity index (χ2n) is 4.12. The number of rotatable bonds is 5. The molecule has 0 saturated heterocycles. The normalized spacial score (nSPS) is 11.5. The Balaban J connectivity index is 0.000000486. The number of carboxylic acids is 2. The van der Waals surface area contributed by atoms with Crippen LogP contribution in [0.4, 0.5) is 0 Å². The standard InChI is InChI=1S/C9H11NO4.C5H8O2/c10-6(9(13)14)3-5-1-2-7(11)8(12)4-5;1-2-3-4-5(6)7/h1-2,4,6,11-12H,3,10H2,(H,13,14);3-4H,2H2,1H3,(H,6,7)/t6-;/m0./s1. The van der Waals surface area contributed by atoms with Crippen molar-refractivity contribution in [2.75, 3.05) is 0 Å². The molecule has 0 fully saturated rings. The number of phenolic OH excluding ortho intramolecular Hbond substituents is 2. The summed E-state index contributed by atoms with van der Waals surface area (Å²) in [4.78, 5) is 20.1. The number of nitrogens with two attached hydrogens (primary N) is 1. The van der Waals surface area contributed by atoms with Crippen LogP contribution < -0.4 is 5.73 Å². The number of phenols is 2. The highest BCUT2D eigenvalue weighted by Gasteiger charge is 2.12. The van der Waals surface area contributed by atoms with Gasteiger partial charge in [0.1, 0.15) is 6.04 Å². The minimum Gasteiger partial charge on any atom is -0.504 e. The first-order chi connectivity index (χ1) is 9.77. The molecule has 0 aliphatic rings. The fourth-order valence-electron chi connectivity index (χ4n) is 1.26. The topological polar surface area (TPSA) is 141 Å². The summed E-state index contributed by atoms with van der Waals surface area (Å²) < 4.78 is 0. The van der Waals surface area contributed by atoms with Crippen LogP contribution in [0.2, 0.25) is 0 Å². The molecule has 0 aliphatic heterocycles. The molecule has 0 amide bonds. The van der Waals surface area contributed by atoms with Gasteiger partial charge in [0.25, 0.3) is 0 Å². The molecule has 0 aromatic heterocycles. The van der Waals surface area contributed by atoms with Crippen molar-refractivity contribution >= 4 is 11.9 Å². The van der Waals surface area contributed by atoms with Gasteiger partial charge in [-0.15, -0.1) is 0 Å². The van der Waals surface area contributed by atoms with Gasteiger partial charge >= 0.3 is 11.9 Å². The molecule has 6 N–H and O–H groups in total. The van der Waals surface area contributed by atoms with Crippen molar-refractivity contribution in [1.82, 2.24) is 0 Å². The van der Waals surface area contributed by atoms with Crippen LogP contribution in [0.1, 0.15) is 18.9 Å². The third kappa shape index (κ3) is 8.27. The summed E-state index contributed by atoms with van der Waals surface area (Å²) >= 11 is 0. The molecule has 0 aliphatic carbocycles. The van der Waals surface area contributed by atoms with Gasteiger partial charge in [0.2, 0.25) is 0 Å². The summed E-state index contributed by atoms with van der Waals surface area (Å²) in [6.07, 6.45) is 3.64. The number of aliphatic carboxylic acids is 2. The van der Waals surface area contributed by atoms with Crippen LogP contribution >= 0.6 is 0 Å². The highest BCUT2D eigenvalue weighted by atomic mass is 16.4. The van der Waals surface area contributed by atoms with E-state index in [0.29, 0.717) is 5.56 Å². The lowest BCUT2D eigenvalue weighted by Gasteiger charge is -2.06. The molecule has 0 bridgehead atoms. The molecule has 0 saturated carbocycles. The van der Waals surface area contributed by atoms with Gasteiger partial charge in [-0.2, -0.15) is 0 Å². The van der Waals surface area contributed by atoms with Gasteiger partial charge in [0, 0.05) is 6.08 Å². The summed E-state index contributed by atoms with van der Waals surface area (Å²) in [6, 6.07) is 3.09. The van der Waals surface area contributed by atoms with Crippen LogP contribution in [0.15, 0.2) is 30.4 Å². The zero-order valence-corrected chi connectivity index (χ0v) is 11.6. The van der Waals surface area contributed by atoms with Crippen molar-refractivity contribution in [1.29, 1.82) is 0 Å². The van der Waals surface area contributed by atoms with Crippen molar-refractivity contribution in [3.05, 3.63) is 35.9 Å². The number of allylic oxidation sites excluding steroid dienone is 1. The average Bonchev–Trinajstić information content (AvgIpc) is 2.41. The molecule has 1 rings (SSSR count). The Kier molecular flexibility index (Phi) is 8.24. The smallest absolute Gasteiger partial charge is 0.327 e. The molecule has 21 heavy (non-hydrogen) atoms. The Hall–Kier alpha value is -2.54. The van der Waals surface area contributed by atoms with Crippen molar-refractivity contribution < 1.29 is 30.0 Å². The SMILES string of the molecule is CCC=CC(=O)O.N[C@@H](Cc1ccc(O)c(O)c1)C(=O)O. The number of hydrogen-bond acceptors (Lipinski definition) is 5. The highest BCUT2D eigenvalue weighted by molar-refractivity contribution is 5.79. The molecule has 116 valence electrons. The van der Waals surface area contributed by atoms with Crippen molar-refractivity contribution in [2.24, 2.45) is 5.73 Å². The molecule has 1 aromatic carbocycles. The van der Waals surface area contributed by atoms with Crippen molar-refractivity contribution in [3.63, 3.8) is 0 Å². The fourth-order valence-corrected chi connectivity index (χ4v) is 1.26. The maximum Gasteiger partial charge on any atom is 0.327 e. The van der Waals surface area contributed by atoms with E-state index >= 15 is 0 Å². The van der Waals surface area contributed by atoms with Gasteiger partial charge < -0.3 is 26.2 Å². The molecular formula is C14H19NO6. The predicted molar refractivity (Wildman–Crippen MR) is 76.2 cm³/mol. The number of hydrogen-bond donors (Lipinski definition) is 5. The van der Waals surface area contributed by atoms with Crippen LogP contribution in [0.25, 0.3) is 0 Å². The molecule has 7 nitrogen and oxygen atoms in total. The molecular weight excluding hydrogens is 278 g/mol. The summed E-state index contributed by atoms with van der Waals surface area (Å²) in [5.41, 5.74) is 5.86. The van der Waals surface area contributed by atoms with E-state index in [0.717, 1.165) is 12.5 Å². The molecule has 0 unspecified atom stereocenters. The first kappa shape index (κ1) is 18.5. The zero-order chi connectivity index (χ0) is 16.4. The van der Waals surface area contributed by atoms with Crippen molar-refractivity contribution in [3.8, 4) is 11.5 Å². The van der Waals surface area contributed by atoms with Gasteiger partial charge in [-0.3, -0.25) is 4.79 Å². The molecule has 0 heterocycles. The van der Waals surface area contributed by atoms with Gasteiger partial charge in [-0.1, -0.05) is 19.1 Å².